The number of nitrogens with one attached hydrogen (secondary N) is 1. The van der Waals surface area contributed by atoms with Gasteiger partial charge in [-0.3, -0.25) is 0 Å². The van der Waals surface area contributed by atoms with Gasteiger partial charge in [-0.15, -0.1) is 0 Å². The number of rotatable bonds is 6. The molecule has 5 heteroatoms. The minimum atomic E-state index is 0.00252. The SMILES string of the molecule is CCCN1CCC(NC(CC)/C(N)=N/O)CC1. The fraction of sp³-hybridized carbons (Fsp3) is 0.917. The lowest BCUT2D eigenvalue weighted by Gasteiger charge is -2.34. The van der Waals surface area contributed by atoms with E-state index in [4.69, 9.17) is 10.9 Å². The fourth-order valence-electron chi connectivity index (χ4n) is 2.41. The van der Waals surface area contributed by atoms with Crippen molar-refractivity contribution < 1.29 is 5.21 Å². The summed E-state index contributed by atoms with van der Waals surface area (Å²) in [6, 6.07) is 0.496. The van der Waals surface area contributed by atoms with Crippen molar-refractivity contribution >= 4 is 5.84 Å². The first-order valence-corrected chi connectivity index (χ1v) is 6.67. The van der Waals surface area contributed by atoms with Crippen LogP contribution in [0, 0.1) is 0 Å². The lowest BCUT2D eigenvalue weighted by atomic mass is 10.0. The highest BCUT2D eigenvalue weighted by Crippen LogP contribution is 2.11. The van der Waals surface area contributed by atoms with Crippen molar-refractivity contribution in [3.63, 3.8) is 0 Å². The molecule has 0 radical (unpaired) electrons. The van der Waals surface area contributed by atoms with Crippen LogP contribution in [0.4, 0.5) is 0 Å². The molecular formula is C12H26N4O. The van der Waals surface area contributed by atoms with Crippen LogP contribution in [0.15, 0.2) is 5.16 Å². The summed E-state index contributed by atoms with van der Waals surface area (Å²) < 4.78 is 0. The van der Waals surface area contributed by atoms with Crippen molar-refractivity contribution in [2.24, 2.45) is 10.9 Å². The fourth-order valence-corrected chi connectivity index (χ4v) is 2.41. The number of likely N-dealkylation sites (tertiary alicyclic amines) is 1. The van der Waals surface area contributed by atoms with E-state index in [1.165, 1.54) is 13.0 Å². The van der Waals surface area contributed by atoms with Crippen molar-refractivity contribution in [3.8, 4) is 0 Å². The Bertz CT molecular complexity index is 237. The minimum absolute atomic E-state index is 0.00252. The van der Waals surface area contributed by atoms with E-state index in [1.807, 2.05) is 6.92 Å². The van der Waals surface area contributed by atoms with E-state index < -0.39 is 0 Å². The first-order chi connectivity index (χ1) is 8.21. The molecule has 0 amide bonds. The molecule has 1 rings (SSSR count). The second-order valence-electron chi connectivity index (χ2n) is 4.77. The number of hydrogen-bond acceptors (Lipinski definition) is 4. The monoisotopic (exact) mass is 242 g/mol. The quantitative estimate of drug-likeness (QED) is 0.281. The van der Waals surface area contributed by atoms with Crippen LogP contribution in [0.1, 0.15) is 39.5 Å². The Balaban J connectivity index is 2.34. The third-order valence-electron chi connectivity index (χ3n) is 3.45. The predicted octanol–water partition coefficient (Wildman–Crippen LogP) is 0.975. The lowest BCUT2D eigenvalue weighted by Crippen LogP contribution is -2.50. The van der Waals surface area contributed by atoms with Crippen LogP contribution in [0.3, 0.4) is 0 Å². The second-order valence-corrected chi connectivity index (χ2v) is 4.77. The number of nitrogens with two attached hydrogens (primary N) is 1. The minimum Gasteiger partial charge on any atom is -0.409 e. The molecule has 0 aliphatic carbocycles. The molecule has 0 aromatic heterocycles. The van der Waals surface area contributed by atoms with Gasteiger partial charge in [0.25, 0.3) is 0 Å². The highest BCUT2D eigenvalue weighted by atomic mass is 16.4. The summed E-state index contributed by atoms with van der Waals surface area (Å²) in [6.07, 6.45) is 4.37. The first-order valence-electron chi connectivity index (χ1n) is 6.67. The van der Waals surface area contributed by atoms with Crippen LogP contribution >= 0.6 is 0 Å². The molecule has 17 heavy (non-hydrogen) atoms. The van der Waals surface area contributed by atoms with E-state index in [2.05, 4.69) is 22.3 Å². The van der Waals surface area contributed by atoms with Crippen LogP contribution in [0.25, 0.3) is 0 Å². The largest absolute Gasteiger partial charge is 0.409 e. The van der Waals surface area contributed by atoms with Gasteiger partial charge in [0.2, 0.25) is 0 Å². The Morgan fingerprint density at radius 1 is 1.47 bits per heavy atom. The van der Waals surface area contributed by atoms with Gasteiger partial charge < -0.3 is 21.2 Å². The highest BCUT2D eigenvalue weighted by molar-refractivity contribution is 5.85. The zero-order valence-electron chi connectivity index (χ0n) is 11.0. The molecule has 0 bridgehead atoms. The van der Waals surface area contributed by atoms with Crippen molar-refractivity contribution in [2.75, 3.05) is 19.6 Å². The van der Waals surface area contributed by atoms with Gasteiger partial charge in [-0.25, -0.2) is 0 Å². The first kappa shape index (κ1) is 14.3. The summed E-state index contributed by atoms with van der Waals surface area (Å²) in [5.41, 5.74) is 5.65. The van der Waals surface area contributed by atoms with Gasteiger partial charge in [0.1, 0.15) is 0 Å². The normalized spacial score (nSPS) is 21.6. The maximum absolute atomic E-state index is 8.69. The summed E-state index contributed by atoms with van der Waals surface area (Å²) in [7, 11) is 0. The summed E-state index contributed by atoms with van der Waals surface area (Å²) in [6.45, 7) is 7.76. The number of hydrogen-bond donors (Lipinski definition) is 3. The van der Waals surface area contributed by atoms with Crippen molar-refractivity contribution in [1.29, 1.82) is 0 Å². The number of piperidine rings is 1. The molecule has 0 aromatic carbocycles. The molecule has 1 aliphatic heterocycles. The standard InChI is InChI=1S/C12H26N4O/c1-3-7-16-8-5-10(6-9-16)14-11(4-2)12(13)15-17/h10-11,14,17H,3-9H2,1-2H3,(H2,13,15). The maximum Gasteiger partial charge on any atom is 0.156 e. The molecule has 1 aliphatic rings. The van der Waals surface area contributed by atoms with E-state index in [-0.39, 0.29) is 6.04 Å². The molecule has 100 valence electrons. The maximum atomic E-state index is 8.69. The van der Waals surface area contributed by atoms with Gasteiger partial charge in [-0.2, -0.15) is 0 Å². The Kier molecular flexibility index (Phi) is 6.29. The predicted molar refractivity (Wildman–Crippen MR) is 70.4 cm³/mol. The van der Waals surface area contributed by atoms with Crippen LogP contribution in [0.5, 0.6) is 0 Å². The molecule has 1 fully saturated rings. The lowest BCUT2D eigenvalue weighted by molar-refractivity contribution is 0.194. The Hall–Kier alpha value is -0.810. The third kappa shape index (κ3) is 4.52. The molecule has 1 saturated heterocycles. The van der Waals surface area contributed by atoms with E-state index >= 15 is 0 Å². The van der Waals surface area contributed by atoms with Crippen molar-refractivity contribution in [2.45, 2.75) is 51.6 Å². The second kappa shape index (κ2) is 7.50. The number of nitrogens with zero attached hydrogens (tertiary/aromatic N) is 2. The molecule has 1 unspecified atom stereocenters. The summed E-state index contributed by atoms with van der Waals surface area (Å²) in [5.74, 6) is 0.295. The van der Waals surface area contributed by atoms with Crippen molar-refractivity contribution in [3.05, 3.63) is 0 Å². The van der Waals surface area contributed by atoms with Crippen molar-refractivity contribution in [1.82, 2.24) is 10.2 Å². The van der Waals surface area contributed by atoms with Crippen LogP contribution in [-0.4, -0.2) is 47.7 Å². The topological polar surface area (TPSA) is 73.9 Å². The van der Waals surface area contributed by atoms with Gasteiger partial charge in [0.15, 0.2) is 5.84 Å². The molecular weight excluding hydrogens is 216 g/mol. The third-order valence-corrected chi connectivity index (χ3v) is 3.45. The molecule has 1 heterocycles. The summed E-state index contributed by atoms with van der Waals surface area (Å²) in [4.78, 5) is 2.50. The Morgan fingerprint density at radius 2 is 2.12 bits per heavy atom. The molecule has 0 saturated carbocycles. The molecule has 0 aromatic rings. The molecule has 4 N–H and O–H groups in total. The number of amidine groups is 1. The van der Waals surface area contributed by atoms with E-state index in [0.717, 1.165) is 32.4 Å². The summed E-state index contributed by atoms with van der Waals surface area (Å²) in [5, 5.41) is 15.3. The van der Waals surface area contributed by atoms with Crippen LogP contribution < -0.4 is 11.1 Å². The molecule has 5 nitrogen and oxygen atoms in total. The van der Waals surface area contributed by atoms with E-state index in [0.29, 0.717) is 11.9 Å². The zero-order valence-corrected chi connectivity index (χ0v) is 11.0. The van der Waals surface area contributed by atoms with Gasteiger partial charge in [0, 0.05) is 6.04 Å². The van der Waals surface area contributed by atoms with Gasteiger partial charge in [0.05, 0.1) is 6.04 Å². The van der Waals surface area contributed by atoms with Gasteiger partial charge in [-0.05, 0) is 45.3 Å². The molecule has 0 spiro atoms. The summed E-state index contributed by atoms with van der Waals surface area (Å²) >= 11 is 0. The van der Waals surface area contributed by atoms with Gasteiger partial charge >= 0.3 is 0 Å². The highest BCUT2D eigenvalue weighted by Gasteiger charge is 2.22. The number of oxime groups is 1. The van der Waals surface area contributed by atoms with Crippen LogP contribution in [-0.2, 0) is 0 Å². The zero-order chi connectivity index (χ0) is 12.7. The average molecular weight is 242 g/mol. The van der Waals surface area contributed by atoms with E-state index in [1.54, 1.807) is 0 Å². The Labute approximate surface area is 104 Å². The van der Waals surface area contributed by atoms with Crippen LogP contribution in [0.2, 0.25) is 0 Å². The molecule has 1 atom stereocenters. The Morgan fingerprint density at radius 3 is 2.59 bits per heavy atom. The van der Waals surface area contributed by atoms with E-state index in [9.17, 15) is 0 Å². The smallest absolute Gasteiger partial charge is 0.156 e. The van der Waals surface area contributed by atoms with Gasteiger partial charge in [-0.1, -0.05) is 19.0 Å². The average Bonchev–Trinajstić information content (AvgIpc) is 2.37.